The minimum atomic E-state index is -1.32. The first-order valence-corrected chi connectivity index (χ1v) is 6.60. The summed E-state index contributed by atoms with van der Waals surface area (Å²) in [6.45, 7) is 1.52. The first-order valence-electron chi connectivity index (χ1n) is 6.60. The number of oxime groups is 1. The van der Waals surface area contributed by atoms with Gasteiger partial charge in [0.05, 0.1) is 12.8 Å². The van der Waals surface area contributed by atoms with Crippen LogP contribution in [0.15, 0.2) is 41.6 Å². The van der Waals surface area contributed by atoms with E-state index in [1.807, 2.05) is 36.4 Å². The number of carbonyl (C=O) groups is 1. The molecule has 2 aromatic carbocycles. The first-order chi connectivity index (χ1) is 10.0. The Morgan fingerprint density at radius 3 is 2.76 bits per heavy atom. The van der Waals surface area contributed by atoms with Crippen LogP contribution in [-0.4, -0.2) is 29.5 Å². The zero-order chi connectivity index (χ0) is 15.0. The van der Waals surface area contributed by atoms with Gasteiger partial charge in [0.25, 0.3) is 0 Å². The number of carboxylic acids is 1. The Labute approximate surface area is 121 Å². The standard InChI is InChI=1S/C16H15NO4/c1-16(15(18)19)9-12(17-21-16)14-11-6-4-3-5-10(11)7-8-13(14)20-2/h3-8H,9H2,1-2H3,(H,18,19). The Bertz CT molecular complexity index is 753. The zero-order valence-electron chi connectivity index (χ0n) is 11.8. The van der Waals surface area contributed by atoms with Gasteiger partial charge in [0.15, 0.2) is 0 Å². The number of hydrogen-bond donors (Lipinski definition) is 1. The van der Waals surface area contributed by atoms with Gasteiger partial charge in [0.1, 0.15) is 5.75 Å². The number of nitrogens with zero attached hydrogens (tertiary/aromatic N) is 1. The predicted octanol–water partition coefficient (Wildman–Crippen LogP) is 2.82. The maximum absolute atomic E-state index is 11.3. The van der Waals surface area contributed by atoms with Gasteiger partial charge in [-0.25, -0.2) is 4.79 Å². The summed E-state index contributed by atoms with van der Waals surface area (Å²) < 4.78 is 5.41. The average molecular weight is 285 g/mol. The molecular weight excluding hydrogens is 270 g/mol. The molecular formula is C16H15NO4. The molecule has 1 N–H and O–H groups in total. The molecule has 1 aliphatic rings. The number of aliphatic carboxylic acids is 1. The second kappa shape index (κ2) is 4.77. The van der Waals surface area contributed by atoms with Crippen molar-refractivity contribution in [3.05, 3.63) is 42.0 Å². The van der Waals surface area contributed by atoms with Crippen molar-refractivity contribution in [3.63, 3.8) is 0 Å². The van der Waals surface area contributed by atoms with Crippen molar-refractivity contribution in [1.82, 2.24) is 0 Å². The highest BCUT2D eigenvalue weighted by Gasteiger charge is 2.43. The molecule has 0 amide bonds. The molecule has 0 spiro atoms. The van der Waals surface area contributed by atoms with E-state index in [1.54, 1.807) is 7.11 Å². The van der Waals surface area contributed by atoms with Crippen LogP contribution in [0.1, 0.15) is 18.9 Å². The predicted molar refractivity (Wildman–Crippen MR) is 78.8 cm³/mol. The maximum atomic E-state index is 11.3. The molecule has 0 fully saturated rings. The van der Waals surface area contributed by atoms with Crippen molar-refractivity contribution in [1.29, 1.82) is 0 Å². The van der Waals surface area contributed by atoms with Crippen LogP contribution in [0.2, 0.25) is 0 Å². The highest BCUT2D eigenvalue weighted by molar-refractivity contribution is 6.14. The van der Waals surface area contributed by atoms with Gasteiger partial charge in [-0.1, -0.05) is 35.5 Å². The lowest BCUT2D eigenvalue weighted by Crippen LogP contribution is -2.35. The van der Waals surface area contributed by atoms with Gasteiger partial charge in [-0.05, 0) is 23.8 Å². The SMILES string of the molecule is COc1ccc2ccccc2c1C1=NOC(C)(C(=O)O)C1. The summed E-state index contributed by atoms with van der Waals surface area (Å²) in [5.74, 6) is -0.369. The van der Waals surface area contributed by atoms with E-state index < -0.39 is 11.6 Å². The molecule has 0 radical (unpaired) electrons. The van der Waals surface area contributed by atoms with Crippen molar-refractivity contribution in [2.24, 2.45) is 5.16 Å². The van der Waals surface area contributed by atoms with Crippen LogP contribution < -0.4 is 4.74 Å². The van der Waals surface area contributed by atoms with Gasteiger partial charge in [-0.15, -0.1) is 0 Å². The van der Waals surface area contributed by atoms with Crippen LogP contribution in [0.4, 0.5) is 0 Å². The fourth-order valence-electron chi connectivity index (χ4n) is 2.51. The van der Waals surface area contributed by atoms with Gasteiger partial charge >= 0.3 is 5.97 Å². The lowest BCUT2D eigenvalue weighted by Gasteiger charge is -2.15. The van der Waals surface area contributed by atoms with Crippen molar-refractivity contribution >= 4 is 22.5 Å². The van der Waals surface area contributed by atoms with Crippen LogP contribution >= 0.6 is 0 Å². The second-order valence-electron chi connectivity index (χ2n) is 5.21. The van der Waals surface area contributed by atoms with E-state index in [9.17, 15) is 9.90 Å². The minimum absolute atomic E-state index is 0.201. The zero-order valence-corrected chi connectivity index (χ0v) is 11.8. The normalized spacial score (nSPS) is 21.0. The van der Waals surface area contributed by atoms with Gasteiger partial charge in [0, 0.05) is 12.0 Å². The molecule has 1 aliphatic heterocycles. The van der Waals surface area contributed by atoms with E-state index in [1.165, 1.54) is 6.92 Å². The Kier molecular flexibility index (Phi) is 3.05. The topological polar surface area (TPSA) is 68.1 Å². The number of ether oxygens (including phenoxy) is 1. The number of hydrogen-bond acceptors (Lipinski definition) is 4. The molecule has 1 unspecified atom stereocenters. The lowest BCUT2D eigenvalue weighted by atomic mass is 9.92. The largest absolute Gasteiger partial charge is 0.496 e. The van der Waals surface area contributed by atoms with Crippen molar-refractivity contribution in [2.75, 3.05) is 7.11 Å². The monoisotopic (exact) mass is 285 g/mol. The fourth-order valence-corrected chi connectivity index (χ4v) is 2.51. The maximum Gasteiger partial charge on any atom is 0.351 e. The molecule has 1 heterocycles. The van der Waals surface area contributed by atoms with Crippen LogP contribution in [0, 0.1) is 0 Å². The molecule has 0 saturated carbocycles. The van der Waals surface area contributed by atoms with Crippen LogP contribution in [-0.2, 0) is 9.63 Å². The van der Waals surface area contributed by atoms with E-state index in [0.717, 1.165) is 16.3 Å². The highest BCUT2D eigenvalue weighted by atomic mass is 16.7. The number of methoxy groups -OCH3 is 1. The molecule has 108 valence electrons. The van der Waals surface area contributed by atoms with E-state index in [2.05, 4.69) is 5.16 Å². The van der Waals surface area contributed by atoms with Crippen LogP contribution in [0.5, 0.6) is 5.75 Å². The Morgan fingerprint density at radius 2 is 2.10 bits per heavy atom. The summed E-state index contributed by atoms with van der Waals surface area (Å²) in [7, 11) is 1.58. The first kappa shape index (κ1) is 13.4. The second-order valence-corrected chi connectivity index (χ2v) is 5.21. The highest BCUT2D eigenvalue weighted by Crippen LogP contribution is 2.34. The fraction of sp³-hybridized carbons (Fsp3) is 0.250. The average Bonchev–Trinajstić information content (AvgIpc) is 2.89. The molecule has 5 nitrogen and oxygen atoms in total. The quantitative estimate of drug-likeness (QED) is 0.941. The van der Waals surface area contributed by atoms with Crippen molar-refractivity contribution in [2.45, 2.75) is 18.9 Å². The molecule has 0 saturated heterocycles. The van der Waals surface area contributed by atoms with Gasteiger partial charge in [0.2, 0.25) is 5.60 Å². The number of rotatable bonds is 3. The smallest absolute Gasteiger partial charge is 0.351 e. The van der Waals surface area contributed by atoms with Crippen LogP contribution in [0.3, 0.4) is 0 Å². The summed E-state index contributed by atoms with van der Waals surface area (Å²) in [6, 6.07) is 11.7. The van der Waals surface area contributed by atoms with Gasteiger partial charge in [-0.3, -0.25) is 0 Å². The van der Waals surface area contributed by atoms with Crippen LogP contribution in [0.25, 0.3) is 10.8 Å². The Balaban J connectivity index is 2.15. The summed E-state index contributed by atoms with van der Waals surface area (Å²) in [4.78, 5) is 16.4. The molecule has 0 bridgehead atoms. The number of benzene rings is 2. The summed E-state index contributed by atoms with van der Waals surface area (Å²) in [5, 5.41) is 15.3. The lowest BCUT2D eigenvalue weighted by molar-refractivity contribution is -0.160. The van der Waals surface area contributed by atoms with Gasteiger partial charge in [-0.2, -0.15) is 0 Å². The number of fused-ring (bicyclic) bond motifs is 1. The summed E-state index contributed by atoms with van der Waals surface area (Å²) in [6.07, 6.45) is 0.201. The van der Waals surface area contributed by atoms with Crippen molar-refractivity contribution < 1.29 is 19.5 Å². The molecule has 0 aliphatic carbocycles. The third-order valence-corrected chi connectivity index (χ3v) is 3.71. The molecule has 21 heavy (non-hydrogen) atoms. The Hall–Kier alpha value is -2.56. The molecule has 0 aromatic heterocycles. The van der Waals surface area contributed by atoms with Gasteiger partial charge < -0.3 is 14.7 Å². The minimum Gasteiger partial charge on any atom is -0.496 e. The van der Waals surface area contributed by atoms with E-state index in [4.69, 9.17) is 9.57 Å². The van der Waals surface area contributed by atoms with Crippen molar-refractivity contribution in [3.8, 4) is 5.75 Å². The van der Waals surface area contributed by atoms with E-state index >= 15 is 0 Å². The Morgan fingerprint density at radius 1 is 1.33 bits per heavy atom. The summed E-state index contributed by atoms with van der Waals surface area (Å²) >= 11 is 0. The third kappa shape index (κ3) is 2.11. The number of carboxylic acid groups (broad SMARTS) is 1. The molecule has 1 atom stereocenters. The third-order valence-electron chi connectivity index (χ3n) is 3.71. The molecule has 2 aromatic rings. The summed E-state index contributed by atoms with van der Waals surface area (Å²) in [5.41, 5.74) is 0.0613. The van der Waals surface area contributed by atoms with E-state index in [0.29, 0.717) is 11.5 Å². The van der Waals surface area contributed by atoms with E-state index in [-0.39, 0.29) is 6.42 Å². The molecule has 5 heteroatoms. The molecule has 3 rings (SSSR count).